The molecule has 18 heavy (non-hydrogen) atoms. The number of hydrogen-bond acceptors (Lipinski definition) is 5. The summed E-state index contributed by atoms with van der Waals surface area (Å²) in [6, 6.07) is 3.04. The molecule has 0 atom stereocenters. The minimum absolute atomic E-state index is 0.0641. The monoisotopic (exact) mass is 271 g/mol. The lowest BCUT2D eigenvalue weighted by Gasteiger charge is -2.34. The normalized spacial score (nSPS) is 23.7. The number of nitrogens with zero attached hydrogens (tertiary/aromatic N) is 1. The molecule has 0 amide bonds. The second-order valence-electron chi connectivity index (χ2n) is 4.30. The number of pyridine rings is 1. The standard InChI is InChI=1S/C11H17N3O3S/c1-17-9-5-8(6-9)14-18(15,16)11-3-2-4-13-10(11)7-12/h2-4,8-9,14H,5-7,12H2,1H3. The third-order valence-electron chi connectivity index (χ3n) is 3.08. The molecule has 1 aliphatic carbocycles. The van der Waals surface area contributed by atoms with Crippen LogP contribution in [-0.4, -0.2) is 32.7 Å². The van der Waals surface area contributed by atoms with Crippen LogP contribution in [0.25, 0.3) is 0 Å². The zero-order valence-corrected chi connectivity index (χ0v) is 11.0. The first-order chi connectivity index (χ1) is 8.56. The van der Waals surface area contributed by atoms with Crippen molar-refractivity contribution in [3.05, 3.63) is 24.0 Å². The van der Waals surface area contributed by atoms with Crippen molar-refractivity contribution in [3.8, 4) is 0 Å². The van der Waals surface area contributed by atoms with Gasteiger partial charge in [-0.15, -0.1) is 0 Å². The van der Waals surface area contributed by atoms with E-state index in [0.29, 0.717) is 18.5 Å². The van der Waals surface area contributed by atoms with E-state index in [1.54, 1.807) is 13.2 Å². The van der Waals surface area contributed by atoms with Crippen LogP contribution >= 0.6 is 0 Å². The van der Waals surface area contributed by atoms with Crippen molar-refractivity contribution in [2.75, 3.05) is 7.11 Å². The molecule has 1 aliphatic rings. The molecule has 1 saturated carbocycles. The summed E-state index contributed by atoms with van der Waals surface area (Å²) in [5.74, 6) is 0. The molecule has 100 valence electrons. The van der Waals surface area contributed by atoms with Gasteiger partial charge in [0.15, 0.2) is 0 Å². The van der Waals surface area contributed by atoms with Gasteiger partial charge in [0.1, 0.15) is 4.90 Å². The molecule has 0 radical (unpaired) electrons. The largest absolute Gasteiger partial charge is 0.381 e. The molecule has 2 rings (SSSR count). The quantitative estimate of drug-likeness (QED) is 0.786. The van der Waals surface area contributed by atoms with E-state index in [1.807, 2.05) is 0 Å². The third kappa shape index (κ3) is 2.69. The van der Waals surface area contributed by atoms with Crippen molar-refractivity contribution in [2.24, 2.45) is 5.73 Å². The molecule has 1 aromatic heterocycles. The second kappa shape index (κ2) is 5.31. The van der Waals surface area contributed by atoms with Crippen LogP contribution in [0.2, 0.25) is 0 Å². The Morgan fingerprint density at radius 2 is 2.28 bits per heavy atom. The zero-order chi connectivity index (χ0) is 13.2. The van der Waals surface area contributed by atoms with Gasteiger partial charge in [0.2, 0.25) is 10.0 Å². The van der Waals surface area contributed by atoms with Crippen LogP contribution in [0.1, 0.15) is 18.5 Å². The fourth-order valence-corrected chi connectivity index (χ4v) is 3.42. The summed E-state index contributed by atoms with van der Waals surface area (Å²) in [7, 11) is -1.91. The Labute approximate surface area is 107 Å². The molecule has 1 fully saturated rings. The average molecular weight is 271 g/mol. The molecule has 1 aromatic rings. The van der Waals surface area contributed by atoms with Crippen LogP contribution in [-0.2, 0) is 21.3 Å². The van der Waals surface area contributed by atoms with Crippen LogP contribution in [0, 0.1) is 0 Å². The summed E-state index contributed by atoms with van der Waals surface area (Å²) in [5.41, 5.74) is 5.88. The number of aromatic nitrogens is 1. The summed E-state index contributed by atoms with van der Waals surface area (Å²) in [6.45, 7) is 0.0996. The molecule has 0 bridgehead atoms. The van der Waals surface area contributed by atoms with Gasteiger partial charge in [-0.25, -0.2) is 13.1 Å². The Hall–Kier alpha value is -1.02. The van der Waals surface area contributed by atoms with E-state index in [1.165, 1.54) is 12.3 Å². The fourth-order valence-electron chi connectivity index (χ4n) is 1.96. The number of nitrogens with one attached hydrogen (secondary N) is 1. The molecular weight excluding hydrogens is 254 g/mol. The van der Waals surface area contributed by atoms with Gasteiger partial charge >= 0.3 is 0 Å². The second-order valence-corrected chi connectivity index (χ2v) is 5.98. The van der Waals surface area contributed by atoms with Crippen LogP contribution in [0.4, 0.5) is 0 Å². The Balaban J connectivity index is 2.11. The highest BCUT2D eigenvalue weighted by Crippen LogP contribution is 2.24. The number of hydrogen-bond donors (Lipinski definition) is 2. The Kier molecular flexibility index (Phi) is 3.96. The van der Waals surface area contributed by atoms with Crippen molar-refractivity contribution in [2.45, 2.75) is 36.4 Å². The maximum absolute atomic E-state index is 12.2. The van der Waals surface area contributed by atoms with E-state index in [9.17, 15) is 8.42 Å². The fraction of sp³-hybridized carbons (Fsp3) is 0.545. The summed E-state index contributed by atoms with van der Waals surface area (Å²) in [6.07, 6.45) is 3.09. The number of nitrogens with two attached hydrogens (primary N) is 1. The lowest BCUT2D eigenvalue weighted by molar-refractivity contribution is 0.0236. The van der Waals surface area contributed by atoms with Gasteiger partial charge < -0.3 is 10.5 Å². The highest BCUT2D eigenvalue weighted by Gasteiger charge is 2.33. The molecule has 0 unspecified atom stereocenters. The number of methoxy groups -OCH3 is 1. The molecule has 7 heteroatoms. The van der Waals surface area contributed by atoms with E-state index in [0.717, 1.165) is 0 Å². The van der Waals surface area contributed by atoms with Crippen LogP contribution in [0.5, 0.6) is 0 Å². The average Bonchev–Trinajstić information content (AvgIpc) is 2.33. The van der Waals surface area contributed by atoms with Crippen molar-refractivity contribution in [1.82, 2.24) is 9.71 Å². The highest BCUT2D eigenvalue weighted by atomic mass is 32.2. The minimum Gasteiger partial charge on any atom is -0.381 e. The number of sulfonamides is 1. The van der Waals surface area contributed by atoms with Gasteiger partial charge in [0, 0.05) is 25.9 Å². The summed E-state index contributed by atoms with van der Waals surface area (Å²) in [5, 5.41) is 0. The Bertz CT molecular complexity index is 512. The minimum atomic E-state index is -3.54. The van der Waals surface area contributed by atoms with Gasteiger partial charge in [0.25, 0.3) is 0 Å². The lowest BCUT2D eigenvalue weighted by Crippen LogP contribution is -2.47. The predicted molar refractivity (Wildman–Crippen MR) is 66.3 cm³/mol. The Morgan fingerprint density at radius 3 is 2.89 bits per heavy atom. The summed E-state index contributed by atoms with van der Waals surface area (Å²) >= 11 is 0. The number of ether oxygens (including phenoxy) is 1. The van der Waals surface area contributed by atoms with E-state index >= 15 is 0 Å². The molecule has 3 N–H and O–H groups in total. The first-order valence-corrected chi connectivity index (χ1v) is 7.24. The smallest absolute Gasteiger partial charge is 0.242 e. The van der Waals surface area contributed by atoms with Crippen molar-refractivity contribution >= 4 is 10.0 Å². The van der Waals surface area contributed by atoms with Crippen molar-refractivity contribution in [3.63, 3.8) is 0 Å². The van der Waals surface area contributed by atoms with Crippen LogP contribution < -0.4 is 10.5 Å². The molecule has 1 heterocycles. The zero-order valence-electron chi connectivity index (χ0n) is 10.2. The van der Waals surface area contributed by atoms with E-state index in [2.05, 4.69) is 9.71 Å². The predicted octanol–water partition coefficient (Wildman–Crippen LogP) is -0.00400. The first kappa shape index (κ1) is 13.4. The van der Waals surface area contributed by atoms with Gasteiger partial charge in [-0.2, -0.15) is 0 Å². The molecule has 0 saturated heterocycles. The molecule has 6 nitrogen and oxygen atoms in total. The maximum Gasteiger partial charge on any atom is 0.242 e. The van der Waals surface area contributed by atoms with Gasteiger partial charge in [-0.05, 0) is 25.0 Å². The summed E-state index contributed by atoms with van der Waals surface area (Å²) < 4.78 is 32.1. The van der Waals surface area contributed by atoms with Gasteiger partial charge in [0.05, 0.1) is 11.8 Å². The van der Waals surface area contributed by atoms with Crippen LogP contribution in [0.3, 0.4) is 0 Å². The highest BCUT2D eigenvalue weighted by molar-refractivity contribution is 7.89. The molecular formula is C11H17N3O3S. The van der Waals surface area contributed by atoms with E-state index < -0.39 is 10.0 Å². The first-order valence-electron chi connectivity index (χ1n) is 5.76. The van der Waals surface area contributed by atoms with Crippen molar-refractivity contribution < 1.29 is 13.2 Å². The van der Waals surface area contributed by atoms with Crippen molar-refractivity contribution in [1.29, 1.82) is 0 Å². The Morgan fingerprint density at radius 1 is 1.56 bits per heavy atom. The molecule has 0 spiro atoms. The lowest BCUT2D eigenvalue weighted by atomic mass is 9.90. The van der Waals surface area contributed by atoms with Gasteiger partial charge in [-0.1, -0.05) is 0 Å². The number of rotatable bonds is 5. The SMILES string of the molecule is COC1CC(NS(=O)(=O)c2cccnc2CN)C1. The van der Waals surface area contributed by atoms with Crippen LogP contribution in [0.15, 0.2) is 23.2 Å². The van der Waals surface area contributed by atoms with E-state index in [-0.39, 0.29) is 23.6 Å². The summed E-state index contributed by atoms with van der Waals surface area (Å²) in [4.78, 5) is 4.14. The van der Waals surface area contributed by atoms with E-state index in [4.69, 9.17) is 10.5 Å². The molecule has 0 aromatic carbocycles. The topological polar surface area (TPSA) is 94.3 Å². The van der Waals surface area contributed by atoms with Gasteiger partial charge in [-0.3, -0.25) is 4.98 Å². The maximum atomic E-state index is 12.2. The third-order valence-corrected chi connectivity index (χ3v) is 4.68. The molecule has 0 aliphatic heterocycles.